The van der Waals surface area contributed by atoms with E-state index in [0.717, 1.165) is 5.56 Å². The molecule has 3 rings (SSSR count). The molecule has 3 aromatic carbocycles. The van der Waals surface area contributed by atoms with E-state index < -0.39 is 11.9 Å². The molecule has 0 atom stereocenters. The quantitative estimate of drug-likeness (QED) is 0.175. The summed E-state index contributed by atoms with van der Waals surface area (Å²) < 4.78 is 27.7. The highest BCUT2D eigenvalue weighted by molar-refractivity contribution is 9.10. The Morgan fingerprint density at radius 1 is 0.861 bits per heavy atom. The summed E-state index contributed by atoms with van der Waals surface area (Å²) in [7, 11) is 2.93. The number of benzene rings is 3. The van der Waals surface area contributed by atoms with Crippen LogP contribution in [0.15, 0.2) is 46.9 Å². The molecule has 0 radical (unpaired) electrons. The van der Waals surface area contributed by atoms with Crippen molar-refractivity contribution in [1.82, 2.24) is 0 Å². The van der Waals surface area contributed by atoms with Crippen LogP contribution in [-0.4, -0.2) is 33.0 Å². The Balaban J connectivity index is 1.90. The highest BCUT2D eigenvalue weighted by atomic mass is 79.9. The number of hydrogen-bond acceptors (Lipinski definition) is 7. The summed E-state index contributed by atoms with van der Waals surface area (Å²) in [6, 6.07) is 13.2. The number of halogens is 1. The largest absolute Gasteiger partial charge is 0.496 e. The molecule has 0 amide bonds. The molecule has 190 valence electrons. The van der Waals surface area contributed by atoms with E-state index >= 15 is 0 Å². The van der Waals surface area contributed by atoms with Gasteiger partial charge in [0.2, 0.25) is 0 Å². The van der Waals surface area contributed by atoms with Crippen molar-refractivity contribution >= 4 is 27.9 Å². The average Bonchev–Trinajstić information content (AvgIpc) is 2.87. The molecule has 0 aliphatic rings. The molecule has 0 aromatic heterocycles. The van der Waals surface area contributed by atoms with Crippen LogP contribution < -0.4 is 14.2 Å². The van der Waals surface area contributed by atoms with Crippen molar-refractivity contribution in [3.8, 4) is 17.2 Å². The third-order valence-electron chi connectivity index (χ3n) is 5.83. The van der Waals surface area contributed by atoms with Crippen LogP contribution >= 0.6 is 15.9 Å². The number of aryl methyl sites for hydroxylation is 1. The molecule has 36 heavy (non-hydrogen) atoms. The van der Waals surface area contributed by atoms with Crippen molar-refractivity contribution in [2.45, 2.75) is 34.3 Å². The fourth-order valence-corrected chi connectivity index (χ4v) is 4.39. The molecule has 8 heteroatoms. The van der Waals surface area contributed by atoms with Crippen LogP contribution in [0.5, 0.6) is 17.2 Å². The molecule has 0 unspecified atom stereocenters. The third kappa shape index (κ3) is 5.88. The molecule has 0 spiro atoms. The van der Waals surface area contributed by atoms with Crippen molar-refractivity contribution in [1.29, 1.82) is 0 Å². The lowest BCUT2D eigenvalue weighted by Gasteiger charge is -2.19. The first-order valence-corrected chi connectivity index (χ1v) is 12.0. The Bertz CT molecular complexity index is 1240. The Morgan fingerprint density at radius 3 is 2.19 bits per heavy atom. The fraction of sp³-hybridized carbons (Fsp3) is 0.286. The maximum atomic E-state index is 13.3. The van der Waals surface area contributed by atoms with Crippen LogP contribution in [0.1, 0.15) is 48.5 Å². The number of carbonyl (C=O) groups excluding carboxylic acids is 2. The first-order chi connectivity index (χ1) is 17.2. The van der Waals surface area contributed by atoms with E-state index in [-0.39, 0.29) is 12.4 Å². The normalized spacial score (nSPS) is 10.6. The number of esters is 2. The number of hydrogen-bond donors (Lipinski definition) is 0. The van der Waals surface area contributed by atoms with Crippen molar-refractivity contribution < 1.29 is 33.3 Å². The lowest BCUT2D eigenvalue weighted by Crippen LogP contribution is -2.16. The van der Waals surface area contributed by atoms with Crippen LogP contribution in [0.2, 0.25) is 0 Å². The summed E-state index contributed by atoms with van der Waals surface area (Å²) in [6.07, 6.45) is 0. The van der Waals surface area contributed by atoms with E-state index in [9.17, 15) is 9.59 Å². The van der Waals surface area contributed by atoms with Crippen LogP contribution in [0, 0.1) is 27.7 Å². The van der Waals surface area contributed by atoms with Gasteiger partial charge in [-0.05, 0) is 77.5 Å². The zero-order chi connectivity index (χ0) is 26.4. The van der Waals surface area contributed by atoms with Crippen molar-refractivity contribution in [2.24, 2.45) is 0 Å². The lowest BCUT2D eigenvalue weighted by atomic mass is 9.97. The Morgan fingerprint density at radius 2 is 1.56 bits per heavy atom. The molecule has 0 bridgehead atoms. The number of methoxy groups -OCH3 is 2. The predicted molar refractivity (Wildman–Crippen MR) is 139 cm³/mol. The van der Waals surface area contributed by atoms with Crippen LogP contribution in [0.4, 0.5) is 0 Å². The van der Waals surface area contributed by atoms with Gasteiger partial charge in [0.25, 0.3) is 0 Å². The molecule has 0 fully saturated rings. The van der Waals surface area contributed by atoms with E-state index in [1.165, 1.54) is 14.2 Å². The summed E-state index contributed by atoms with van der Waals surface area (Å²) in [5.74, 6) is 0.135. The summed E-state index contributed by atoms with van der Waals surface area (Å²) in [4.78, 5) is 25.9. The number of carbonyl (C=O) groups is 2. The van der Waals surface area contributed by atoms with Crippen LogP contribution in [0.25, 0.3) is 0 Å². The topological polar surface area (TPSA) is 80.3 Å². The van der Waals surface area contributed by atoms with Gasteiger partial charge in [-0.25, -0.2) is 9.59 Å². The standard InChI is InChI=1S/C28H29BrO7/c1-16-12-21(34-14-20-10-8-7-9-11-20)13-22(33-6)23(16)28(31)36-26-18(3)17(2)24(19(4)25(26)29)27(30)35-15-32-5/h7-13H,14-15H2,1-6H3. The van der Waals surface area contributed by atoms with E-state index in [4.69, 9.17) is 23.7 Å². The summed E-state index contributed by atoms with van der Waals surface area (Å²) in [5.41, 5.74) is 4.22. The van der Waals surface area contributed by atoms with Gasteiger partial charge in [0.1, 0.15) is 29.4 Å². The van der Waals surface area contributed by atoms with Crippen molar-refractivity contribution in [3.05, 3.63) is 85.9 Å². The molecule has 0 N–H and O–H groups in total. The van der Waals surface area contributed by atoms with Crippen molar-refractivity contribution in [2.75, 3.05) is 21.0 Å². The van der Waals surface area contributed by atoms with Crippen LogP contribution in [-0.2, 0) is 16.1 Å². The van der Waals surface area contributed by atoms with E-state index in [1.807, 2.05) is 30.3 Å². The molecule has 3 aromatic rings. The summed E-state index contributed by atoms with van der Waals surface area (Å²) in [5, 5.41) is 0. The van der Waals surface area contributed by atoms with Crippen molar-refractivity contribution in [3.63, 3.8) is 0 Å². The monoisotopic (exact) mass is 556 g/mol. The highest BCUT2D eigenvalue weighted by Crippen LogP contribution is 2.39. The SMILES string of the molecule is COCOC(=O)c1c(C)c(C)c(OC(=O)c2c(C)cc(OCc3ccccc3)cc2OC)c(Br)c1C. The number of rotatable bonds is 9. The van der Waals surface area contributed by atoms with Gasteiger partial charge >= 0.3 is 11.9 Å². The maximum absolute atomic E-state index is 13.3. The molecule has 0 heterocycles. The van der Waals surface area contributed by atoms with E-state index in [1.54, 1.807) is 39.8 Å². The van der Waals surface area contributed by atoms with Gasteiger partial charge in [-0.2, -0.15) is 0 Å². The van der Waals surface area contributed by atoms with Gasteiger partial charge in [-0.3, -0.25) is 0 Å². The van der Waals surface area contributed by atoms with Gasteiger partial charge in [0.05, 0.1) is 17.1 Å². The molecule has 0 saturated carbocycles. The van der Waals surface area contributed by atoms with E-state index in [0.29, 0.717) is 56.1 Å². The molecular formula is C28H29BrO7. The lowest BCUT2D eigenvalue weighted by molar-refractivity contribution is -0.0126. The first-order valence-electron chi connectivity index (χ1n) is 11.2. The minimum Gasteiger partial charge on any atom is -0.496 e. The molecule has 0 aliphatic carbocycles. The molecular weight excluding hydrogens is 528 g/mol. The Kier molecular flexibility index (Phi) is 9.12. The fourth-order valence-electron chi connectivity index (χ4n) is 3.81. The zero-order valence-corrected chi connectivity index (χ0v) is 22.8. The predicted octanol–water partition coefficient (Wildman–Crippen LogP) is 6.25. The van der Waals surface area contributed by atoms with E-state index in [2.05, 4.69) is 15.9 Å². The Hall–Kier alpha value is -3.36. The van der Waals surface area contributed by atoms with Gasteiger partial charge < -0.3 is 23.7 Å². The van der Waals surface area contributed by atoms with Gasteiger partial charge in [-0.15, -0.1) is 0 Å². The molecule has 0 saturated heterocycles. The first kappa shape index (κ1) is 27.2. The zero-order valence-electron chi connectivity index (χ0n) is 21.2. The van der Waals surface area contributed by atoms with Crippen LogP contribution in [0.3, 0.4) is 0 Å². The summed E-state index contributed by atoms with van der Waals surface area (Å²) in [6.45, 7) is 7.33. The number of ether oxygens (including phenoxy) is 5. The highest BCUT2D eigenvalue weighted by Gasteiger charge is 2.26. The second-order valence-corrected chi connectivity index (χ2v) is 9.01. The summed E-state index contributed by atoms with van der Waals surface area (Å²) >= 11 is 3.49. The minimum atomic E-state index is -0.587. The second kappa shape index (κ2) is 12.1. The Labute approximate surface area is 219 Å². The van der Waals surface area contributed by atoms with Gasteiger partial charge in [0.15, 0.2) is 6.79 Å². The smallest absolute Gasteiger partial charge is 0.347 e. The minimum absolute atomic E-state index is 0.157. The maximum Gasteiger partial charge on any atom is 0.347 e. The van der Waals surface area contributed by atoms with Gasteiger partial charge in [0, 0.05) is 13.2 Å². The second-order valence-electron chi connectivity index (χ2n) is 8.21. The van der Waals surface area contributed by atoms with Gasteiger partial charge in [-0.1, -0.05) is 30.3 Å². The molecule has 0 aliphatic heterocycles. The third-order valence-corrected chi connectivity index (χ3v) is 6.79. The molecule has 7 nitrogen and oxygen atoms in total. The average molecular weight is 557 g/mol.